The number of amides is 1. The Morgan fingerprint density at radius 3 is 2.86 bits per heavy atom. The first kappa shape index (κ1) is 11.1. The van der Waals surface area contributed by atoms with E-state index in [1.54, 1.807) is 0 Å². The van der Waals surface area contributed by atoms with Gasteiger partial charge in [0, 0.05) is 11.6 Å². The molecule has 1 aromatic carbocycles. The highest BCUT2D eigenvalue weighted by Gasteiger charge is 2.07. The van der Waals surface area contributed by atoms with E-state index in [0.717, 1.165) is 23.4 Å². The van der Waals surface area contributed by atoms with Crippen molar-refractivity contribution in [2.24, 2.45) is 0 Å². The van der Waals surface area contributed by atoms with Crippen LogP contribution in [0, 0.1) is 0 Å². The van der Waals surface area contributed by atoms with Crippen molar-refractivity contribution in [2.45, 2.75) is 19.3 Å². The number of benzene rings is 1. The van der Waals surface area contributed by atoms with E-state index in [1.807, 2.05) is 24.3 Å². The molecule has 0 spiro atoms. The van der Waals surface area contributed by atoms with Gasteiger partial charge in [-0.1, -0.05) is 36.7 Å². The minimum Gasteiger partial charge on any atom is -0.359 e. The van der Waals surface area contributed by atoms with Crippen LogP contribution in [0.4, 0.5) is 0 Å². The summed E-state index contributed by atoms with van der Waals surface area (Å²) in [6, 6.07) is 7.81. The molecule has 3 heteroatoms. The molecule has 0 aliphatic carbocycles. The van der Waals surface area contributed by atoms with Crippen molar-refractivity contribution < 1.29 is 4.79 Å². The second-order valence-electron chi connectivity index (χ2n) is 3.28. The molecule has 0 saturated carbocycles. The number of rotatable bonds is 5. The molecule has 0 aliphatic heterocycles. The number of nitrogens with one attached hydrogen (secondary N) is 1. The van der Waals surface area contributed by atoms with Crippen LogP contribution in [0.1, 0.15) is 24.8 Å². The minimum atomic E-state index is 0.371. The smallest absolute Gasteiger partial charge is 0.207 e. The summed E-state index contributed by atoms with van der Waals surface area (Å²) in [5.74, 6) is 0.371. The minimum absolute atomic E-state index is 0.371. The normalized spacial score (nSPS) is 12.1. The average molecular weight is 212 g/mol. The Hall–Kier alpha value is -1.02. The number of hydrogen-bond donors (Lipinski definition) is 1. The van der Waals surface area contributed by atoms with Gasteiger partial charge in [0.25, 0.3) is 0 Å². The van der Waals surface area contributed by atoms with Gasteiger partial charge in [0.1, 0.15) is 0 Å². The van der Waals surface area contributed by atoms with E-state index >= 15 is 0 Å². The van der Waals surface area contributed by atoms with Crippen LogP contribution in [0.25, 0.3) is 0 Å². The average Bonchev–Trinajstić information content (AvgIpc) is 2.18. The number of carbonyl (C=O) groups excluding carboxylic acids is 1. The molecule has 76 valence electrons. The van der Waals surface area contributed by atoms with Gasteiger partial charge in [-0.05, 0) is 24.0 Å². The summed E-state index contributed by atoms with van der Waals surface area (Å²) >= 11 is 6.04. The largest absolute Gasteiger partial charge is 0.359 e. The SMILES string of the molecule is C[C@H](CCNC=O)c1ccccc1Cl. The van der Waals surface area contributed by atoms with E-state index in [0.29, 0.717) is 12.5 Å². The van der Waals surface area contributed by atoms with Gasteiger partial charge in [-0.25, -0.2) is 0 Å². The summed E-state index contributed by atoms with van der Waals surface area (Å²) in [6.07, 6.45) is 1.63. The standard InChI is InChI=1S/C11H14ClNO/c1-9(6-7-13-8-14)10-4-2-3-5-11(10)12/h2-5,8-9H,6-7H2,1H3,(H,13,14)/t9-/m1/s1. The molecule has 0 unspecified atom stereocenters. The second-order valence-corrected chi connectivity index (χ2v) is 3.69. The Bertz CT molecular complexity index is 301. The summed E-state index contributed by atoms with van der Waals surface area (Å²) in [4.78, 5) is 10.1. The fourth-order valence-electron chi connectivity index (χ4n) is 1.39. The summed E-state index contributed by atoms with van der Waals surface area (Å²) in [7, 11) is 0. The lowest BCUT2D eigenvalue weighted by Crippen LogP contribution is -2.14. The van der Waals surface area contributed by atoms with Crippen LogP contribution in [0.3, 0.4) is 0 Å². The highest BCUT2D eigenvalue weighted by atomic mass is 35.5. The van der Waals surface area contributed by atoms with E-state index in [9.17, 15) is 4.79 Å². The fourth-order valence-corrected chi connectivity index (χ4v) is 1.71. The van der Waals surface area contributed by atoms with E-state index in [2.05, 4.69) is 12.2 Å². The molecule has 0 radical (unpaired) electrons. The fraction of sp³-hybridized carbons (Fsp3) is 0.364. The lowest BCUT2D eigenvalue weighted by Gasteiger charge is -2.12. The number of halogens is 1. The quantitative estimate of drug-likeness (QED) is 0.589. The van der Waals surface area contributed by atoms with Crippen LogP contribution in [0.5, 0.6) is 0 Å². The summed E-state index contributed by atoms with van der Waals surface area (Å²) in [5.41, 5.74) is 1.14. The molecule has 0 fully saturated rings. The zero-order valence-electron chi connectivity index (χ0n) is 8.16. The molecular formula is C11H14ClNO. The van der Waals surface area contributed by atoms with Gasteiger partial charge >= 0.3 is 0 Å². The van der Waals surface area contributed by atoms with Crippen LogP contribution in [0.2, 0.25) is 5.02 Å². The Balaban J connectivity index is 2.55. The Morgan fingerprint density at radius 1 is 1.50 bits per heavy atom. The summed E-state index contributed by atoms with van der Waals surface area (Å²) < 4.78 is 0. The van der Waals surface area contributed by atoms with Crippen LogP contribution in [-0.4, -0.2) is 13.0 Å². The Labute approximate surface area is 89.3 Å². The molecule has 0 aromatic heterocycles. The van der Waals surface area contributed by atoms with Crippen molar-refractivity contribution in [3.05, 3.63) is 34.9 Å². The van der Waals surface area contributed by atoms with Crippen molar-refractivity contribution >= 4 is 18.0 Å². The molecule has 0 bridgehead atoms. The molecule has 1 amide bonds. The van der Waals surface area contributed by atoms with Crippen molar-refractivity contribution in [1.29, 1.82) is 0 Å². The summed E-state index contributed by atoms with van der Waals surface area (Å²) in [6.45, 7) is 2.80. The Morgan fingerprint density at radius 2 is 2.21 bits per heavy atom. The van der Waals surface area contributed by atoms with Crippen LogP contribution in [-0.2, 0) is 4.79 Å². The van der Waals surface area contributed by atoms with E-state index in [-0.39, 0.29) is 0 Å². The zero-order valence-corrected chi connectivity index (χ0v) is 8.92. The topological polar surface area (TPSA) is 29.1 Å². The van der Waals surface area contributed by atoms with Gasteiger partial charge in [-0.2, -0.15) is 0 Å². The second kappa shape index (κ2) is 5.66. The van der Waals surface area contributed by atoms with Gasteiger partial charge in [-0.15, -0.1) is 0 Å². The van der Waals surface area contributed by atoms with Gasteiger partial charge in [-0.3, -0.25) is 4.79 Å². The number of hydrogen-bond acceptors (Lipinski definition) is 1. The lowest BCUT2D eigenvalue weighted by molar-refractivity contribution is -0.109. The molecule has 1 atom stereocenters. The first-order chi connectivity index (χ1) is 6.75. The molecule has 0 saturated heterocycles. The van der Waals surface area contributed by atoms with Crippen LogP contribution < -0.4 is 5.32 Å². The predicted molar refractivity (Wildman–Crippen MR) is 58.6 cm³/mol. The first-order valence-electron chi connectivity index (χ1n) is 4.67. The van der Waals surface area contributed by atoms with Crippen molar-refractivity contribution in [1.82, 2.24) is 5.32 Å². The predicted octanol–water partition coefficient (Wildman–Crippen LogP) is 2.58. The van der Waals surface area contributed by atoms with Gasteiger partial charge < -0.3 is 5.32 Å². The Kier molecular flexibility index (Phi) is 4.47. The van der Waals surface area contributed by atoms with Gasteiger partial charge in [0.2, 0.25) is 6.41 Å². The maximum Gasteiger partial charge on any atom is 0.207 e. The molecule has 1 N–H and O–H groups in total. The molecule has 2 nitrogen and oxygen atoms in total. The third kappa shape index (κ3) is 3.04. The van der Waals surface area contributed by atoms with Crippen molar-refractivity contribution in [2.75, 3.05) is 6.54 Å². The van der Waals surface area contributed by atoms with Crippen molar-refractivity contribution in [3.8, 4) is 0 Å². The zero-order chi connectivity index (χ0) is 10.4. The number of carbonyl (C=O) groups is 1. The molecule has 0 heterocycles. The van der Waals surface area contributed by atoms with E-state index in [1.165, 1.54) is 0 Å². The van der Waals surface area contributed by atoms with Gasteiger partial charge in [0.15, 0.2) is 0 Å². The van der Waals surface area contributed by atoms with Crippen LogP contribution >= 0.6 is 11.6 Å². The molecular weight excluding hydrogens is 198 g/mol. The van der Waals surface area contributed by atoms with Crippen LogP contribution in [0.15, 0.2) is 24.3 Å². The monoisotopic (exact) mass is 211 g/mol. The van der Waals surface area contributed by atoms with E-state index < -0.39 is 0 Å². The molecule has 0 aliphatic rings. The van der Waals surface area contributed by atoms with Crippen molar-refractivity contribution in [3.63, 3.8) is 0 Å². The lowest BCUT2D eigenvalue weighted by atomic mass is 9.98. The van der Waals surface area contributed by atoms with E-state index in [4.69, 9.17) is 11.6 Å². The third-order valence-electron chi connectivity index (χ3n) is 2.24. The molecule has 14 heavy (non-hydrogen) atoms. The third-order valence-corrected chi connectivity index (χ3v) is 2.59. The maximum atomic E-state index is 10.1. The summed E-state index contributed by atoms with van der Waals surface area (Å²) in [5, 5.41) is 3.44. The first-order valence-corrected chi connectivity index (χ1v) is 5.05. The highest BCUT2D eigenvalue weighted by Crippen LogP contribution is 2.25. The molecule has 1 rings (SSSR count). The molecule has 1 aromatic rings. The van der Waals surface area contributed by atoms with Gasteiger partial charge in [0.05, 0.1) is 0 Å². The maximum absolute atomic E-state index is 10.1. The highest BCUT2D eigenvalue weighted by molar-refractivity contribution is 6.31.